The first kappa shape index (κ1) is 11.0. The second-order valence-corrected chi connectivity index (χ2v) is 4.48. The summed E-state index contributed by atoms with van der Waals surface area (Å²) in [6.07, 6.45) is 3.46. The zero-order valence-corrected chi connectivity index (χ0v) is 10.4. The summed E-state index contributed by atoms with van der Waals surface area (Å²) >= 11 is 1.45. The van der Waals surface area contributed by atoms with E-state index in [1.54, 1.807) is 10.9 Å². The minimum Gasteiger partial charge on any atom is -0.267 e. The maximum atomic E-state index is 11.8. The molecule has 3 rings (SSSR count). The van der Waals surface area contributed by atoms with Crippen molar-refractivity contribution in [3.05, 3.63) is 46.9 Å². The van der Waals surface area contributed by atoms with Crippen molar-refractivity contribution >= 4 is 22.8 Å². The number of aromatic amines is 1. The van der Waals surface area contributed by atoms with E-state index in [-0.39, 0.29) is 5.56 Å². The van der Waals surface area contributed by atoms with Crippen molar-refractivity contribution in [1.29, 1.82) is 0 Å². The first-order chi connectivity index (χ1) is 8.79. The van der Waals surface area contributed by atoms with E-state index in [1.165, 1.54) is 11.8 Å². The van der Waals surface area contributed by atoms with E-state index in [0.717, 1.165) is 5.69 Å². The molecule has 0 aliphatic carbocycles. The predicted molar refractivity (Wildman–Crippen MR) is 71.3 cm³/mol. The van der Waals surface area contributed by atoms with Crippen LogP contribution in [0.4, 0.5) is 0 Å². The van der Waals surface area contributed by atoms with Gasteiger partial charge in [-0.25, -0.2) is 14.6 Å². The van der Waals surface area contributed by atoms with Gasteiger partial charge in [0.15, 0.2) is 10.8 Å². The molecule has 2 heterocycles. The van der Waals surface area contributed by atoms with Gasteiger partial charge in [-0.3, -0.25) is 9.89 Å². The highest BCUT2D eigenvalue weighted by Gasteiger charge is 2.10. The van der Waals surface area contributed by atoms with Gasteiger partial charge < -0.3 is 0 Å². The molecule has 0 saturated heterocycles. The van der Waals surface area contributed by atoms with Gasteiger partial charge in [0.2, 0.25) is 0 Å². The standard InChI is InChI=1S/C12H10N4OS/c1-18-12-13-7-9-10(14-12)16(15-11(9)17)8-5-3-2-4-6-8/h2-7H,1H3,(H,15,17). The zero-order chi connectivity index (χ0) is 12.5. The van der Waals surface area contributed by atoms with Gasteiger partial charge in [0.25, 0.3) is 5.56 Å². The van der Waals surface area contributed by atoms with Crippen molar-refractivity contribution in [2.45, 2.75) is 5.16 Å². The minimum atomic E-state index is -0.179. The predicted octanol–water partition coefficient (Wildman–Crippen LogP) is 1.83. The van der Waals surface area contributed by atoms with Crippen molar-refractivity contribution in [3.63, 3.8) is 0 Å². The molecule has 3 aromatic rings. The Labute approximate surface area is 107 Å². The van der Waals surface area contributed by atoms with Crippen LogP contribution in [0.3, 0.4) is 0 Å². The molecule has 0 atom stereocenters. The minimum absolute atomic E-state index is 0.179. The molecule has 2 aromatic heterocycles. The molecule has 0 radical (unpaired) electrons. The van der Waals surface area contributed by atoms with Crippen LogP contribution >= 0.6 is 11.8 Å². The molecule has 18 heavy (non-hydrogen) atoms. The number of nitrogens with zero attached hydrogens (tertiary/aromatic N) is 3. The Hall–Kier alpha value is -2.08. The number of aromatic nitrogens is 4. The number of rotatable bonds is 2. The topological polar surface area (TPSA) is 63.6 Å². The normalized spacial score (nSPS) is 10.9. The van der Waals surface area contributed by atoms with E-state index in [9.17, 15) is 4.79 Å². The van der Waals surface area contributed by atoms with Gasteiger partial charge in [0.05, 0.1) is 5.69 Å². The van der Waals surface area contributed by atoms with Crippen LogP contribution in [-0.4, -0.2) is 26.0 Å². The van der Waals surface area contributed by atoms with E-state index in [2.05, 4.69) is 15.1 Å². The summed E-state index contributed by atoms with van der Waals surface area (Å²) < 4.78 is 1.68. The van der Waals surface area contributed by atoms with Crippen LogP contribution in [0.2, 0.25) is 0 Å². The van der Waals surface area contributed by atoms with Crippen LogP contribution in [0.15, 0.2) is 46.5 Å². The fourth-order valence-electron chi connectivity index (χ4n) is 1.76. The Kier molecular flexibility index (Phi) is 2.64. The van der Waals surface area contributed by atoms with Crippen LogP contribution in [0.5, 0.6) is 0 Å². The molecule has 0 saturated carbocycles. The SMILES string of the molecule is CSc1ncc2c(=O)[nH]n(-c3ccccc3)c2n1. The number of thioether (sulfide) groups is 1. The quantitative estimate of drug-likeness (QED) is 0.562. The Balaban J connectivity index is 2.33. The van der Waals surface area contributed by atoms with Crippen molar-refractivity contribution in [3.8, 4) is 5.69 Å². The van der Waals surface area contributed by atoms with Crippen LogP contribution in [0, 0.1) is 0 Å². The largest absolute Gasteiger partial charge is 0.275 e. The van der Waals surface area contributed by atoms with E-state index in [4.69, 9.17) is 0 Å². The molecule has 0 amide bonds. The second-order valence-electron chi connectivity index (χ2n) is 3.71. The van der Waals surface area contributed by atoms with Crippen LogP contribution < -0.4 is 5.56 Å². The zero-order valence-electron chi connectivity index (χ0n) is 9.62. The maximum Gasteiger partial charge on any atom is 0.275 e. The van der Waals surface area contributed by atoms with E-state index in [1.807, 2.05) is 36.6 Å². The number of fused-ring (bicyclic) bond motifs is 1. The van der Waals surface area contributed by atoms with E-state index < -0.39 is 0 Å². The maximum absolute atomic E-state index is 11.8. The van der Waals surface area contributed by atoms with Crippen molar-refractivity contribution in [1.82, 2.24) is 19.7 Å². The summed E-state index contributed by atoms with van der Waals surface area (Å²) in [4.78, 5) is 20.3. The molecule has 1 aromatic carbocycles. The van der Waals surface area contributed by atoms with Gasteiger partial charge in [-0.15, -0.1) is 0 Å². The van der Waals surface area contributed by atoms with Crippen molar-refractivity contribution in [2.24, 2.45) is 0 Å². The Bertz CT molecular complexity index is 748. The molecule has 0 bridgehead atoms. The Morgan fingerprint density at radius 1 is 1.28 bits per heavy atom. The lowest BCUT2D eigenvalue weighted by atomic mass is 10.3. The fraction of sp³-hybridized carbons (Fsp3) is 0.0833. The molecular formula is C12H10N4OS. The number of nitrogens with one attached hydrogen (secondary N) is 1. The number of hydrogen-bond donors (Lipinski definition) is 1. The third kappa shape index (κ3) is 1.70. The van der Waals surface area contributed by atoms with Gasteiger partial charge in [-0.05, 0) is 18.4 Å². The Morgan fingerprint density at radius 2 is 2.06 bits per heavy atom. The molecule has 0 aliphatic heterocycles. The number of para-hydroxylation sites is 1. The lowest BCUT2D eigenvalue weighted by Crippen LogP contribution is -2.03. The average molecular weight is 258 g/mol. The average Bonchev–Trinajstić information content (AvgIpc) is 2.76. The highest BCUT2D eigenvalue weighted by molar-refractivity contribution is 7.98. The molecule has 0 aliphatic rings. The van der Waals surface area contributed by atoms with E-state index >= 15 is 0 Å². The van der Waals surface area contributed by atoms with Crippen LogP contribution in [-0.2, 0) is 0 Å². The van der Waals surface area contributed by atoms with Gasteiger partial charge in [0.1, 0.15) is 5.39 Å². The molecule has 0 fully saturated rings. The van der Waals surface area contributed by atoms with Crippen LogP contribution in [0.25, 0.3) is 16.7 Å². The van der Waals surface area contributed by atoms with Crippen molar-refractivity contribution < 1.29 is 0 Å². The third-order valence-electron chi connectivity index (χ3n) is 2.61. The number of hydrogen-bond acceptors (Lipinski definition) is 4. The molecule has 5 nitrogen and oxygen atoms in total. The molecule has 0 spiro atoms. The van der Waals surface area contributed by atoms with Crippen molar-refractivity contribution in [2.75, 3.05) is 6.26 Å². The smallest absolute Gasteiger partial charge is 0.267 e. The first-order valence-corrected chi connectivity index (χ1v) is 6.59. The van der Waals surface area contributed by atoms with Gasteiger partial charge in [0, 0.05) is 6.20 Å². The number of benzene rings is 1. The second kappa shape index (κ2) is 4.30. The highest BCUT2D eigenvalue weighted by atomic mass is 32.2. The molecule has 6 heteroatoms. The lowest BCUT2D eigenvalue weighted by molar-refractivity contribution is 0.865. The highest BCUT2D eigenvalue weighted by Crippen LogP contribution is 2.15. The Morgan fingerprint density at radius 3 is 2.78 bits per heavy atom. The number of H-pyrrole nitrogens is 1. The first-order valence-electron chi connectivity index (χ1n) is 5.37. The monoisotopic (exact) mass is 258 g/mol. The lowest BCUT2D eigenvalue weighted by Gasteiger charge is -2.03. The summed E-state index contributed by atoms with van der Waals surface area (Å²) in [6.45, 7) is 0. The third-order valence-corrected chi connectivity index (χ3v) is 3.18. The molecule has 0 unspecified atom stereocenters. The molecule has 90 valence electrons. The fourth-order valence-corrected chi connectivity index (χ4v) is 2.10. The van der Waals surface area contributed by atoms with Gasteiger partial charge in [-0.1, -0.05) is 30.0 Å². The van der Waals surface area contributed by atoms with Gasteiger partial charge in [-0.2, -0.15) is 0 Å². The van der Waals surface area contributed by atoms with Crippen LogP contribution in [0.1, 0.15) is 0 Å². The summed E-state index contributed by atoms with van der Waals surface area (Å²) in [7, 11) is 0. The summed E-state index contributed by atoms with van der Waals surface area (Å²) in [5, 5.41) is 3.91. The van der Waals surface area contributed by atoms with Gasteiger partial charge >= 0.3 is 0 Å². The summed E-state index contributed by atoms with van der Waals surface area (Å²) in [6, 6.07) is 9.58. The summed E-state index contributed by atoms with van der Waals surface area (Å²) in [5.74, 6) is 0. The summed E-state index contributed by atoms with van der Waals surface area (Å²) in [5.41, 5.74) is 1.29. The van der Waals surface area contributed by atoms with E-state index in [0.29, 0.717) is 16.2 Å². The molecule has 1 N–H and O–H groups in total. The molecular weight excluding hydrogens is 248 g/mol.